The van der Waals surface area contributed by atoms with E-state index in [0.29, 0.717) is 24.3 Å². The van der Waals surface area contributed by atoms with Crippen LogP contribution < -0.4 is 5.32 Å². The molecule has 1 aromatic heterocycles. The normalized spacial score (nSPS) is 10.5. The Balaban J connectivity index is 2.10. The molecule has 2 aromatic rings. The summed E-state index contributed by atoms with van der Waals surface area (Å²) in [5.74, 6) is -1.25. The number of carbonyl (C=O) groups excluding carboxylic acids is 3. The van der Waals surface area contributed by atoms with Crippen molar-refractivity contribution in [2.45, 2.75) is 27.7 Å². The summed E-state index contributed by atoms with van der Waals surface area (Å²) in [7, 11) is 0. The summed E-state index contributed by atoms with van der Waals surface area (Å²) in [6.07, 6.45) is 0. The summed E-state index contributed by atoms with van der Waals surface area (Å²) in [6, 6.07) is 7.54. The molecule has 1 aromatic carbocycles. The number of amides is 2. The van der Waals surface area contributed by atoms with E-state index < -0.39 is 18.5 Å². The summed E-state index contributed by atoms with van der Waals surface area (Å²) >= 11 is 0. The highest BCUT2D eigenvalue weighted by molar-refractivity contribution is 5.99. The summed E-state index contributed by atoms with van der Waals surface area (Å²) in [4.78, 5) is 42.3. The molecule has 0 saturated carbocycles. The van der Waals surface area contributed by atoms with E-state index in [-0.39, 0.29) is 12.5 Å². The maximum absolute atomic E-state index is 12.6. The maximum atomic E-state index is 12.6. The van der Waals surface area contributed by atoms with Gasteiger partial charge >= 0.3 is 5.97 Å². The van der Waals surface area contributed by atoms with Gasteiger partial charge in [-0.05, 0) is 39.3 Å². The third-order valence-corrected chi connectivity index (χ3v) is 4.31. The Morgan fingerprint density at radius 2 is 1.85 bits per heavy atom. The molecule has 2 rings (SSSR count). The first kappa shape index (κ1) is 20.4. The number of aryl methyl sites for hydroxylation is 2. The minimum atomic E-state index is -0.592. The lowest BCUT2D eigenvalue weighted by molar-refractivity contribution is -0.138. The Bertz CT molecular complexity index is 864. The summed E-state index contributed by atoms with van der Waals surface area (Å²) in [5, 5.41) is 3.51. The van der Waals surface area contributed by atoms with Crippen LogP contribution in [-0.4, -0.2) is 53.9 Å². The quantitative estimate of drug-likeness (QED) is 0.752. The van der Waals surface area contributed by atoms with Gasteiger partial charge in [-0.25, -0.2) is 4.79 Å². The van der Waals surface area contributed by atoms with Gasteiger partial charge in [-0.1, -0.05) is 18.2 Å². The summed E-state index contributed by atoms with van der Waals surface area (Å²) in [6.45, 7) is 7.51. The van der Waals surface area contributed by atoms with Crippen molar-refractivity contribution < 1.29 is 19.1 Å². The molecule has 27 heavy (non-hydrogen) atoms. The van der Waals surface area contributed by atoms with E-state index >= 15 is 0 Å². The average molecular weight is 371 g/mol. The van der Waals surface area contributed by atoms with Crippen molar-refractivity contribution in [2.24, 2.45) is 0 Å². The van der Waals surface area contributed by atoms with E-state index in [1.807, 2.05) is 31.2 Å². The number of carbonyl (C=O) groups is 3. The lowest BCUT2D eigenvalue weighted by Crippen LogP contribution is -2.42. The molecule has 0 unspecified atom stereocenters. The van der Waals surface area contributed by atoms with Gasteiger partial charge in [0.2, 0.25) is 5.91 Å². The van der Waals surface area contributed by atoms with Crippen LogP contribution in [0.15, 0.2) is 24.3 Å². The number of pyridine rings is 1. The first-order valence-electron chi connectivity index (χ1n) is 8.96. The highest BCUT2D eigenvalue weighted by atomic mass is 16.5. The standard InChI is InChI=1S/C20H25N3O4/c1-5-21-17(24)11-23(6-2)18(25)12-27-20(26)19-13(3)15-9-7-8-10-16(15)22-14(19)4/h7-10H,5-6,11-12H2,1-4H3,(H,21,24). The van der Waals surface area contributed by atoms with Crippen molar-refractivity contribution in [3.05, 3.63) is 41.1 Å². The molecule has 0 aliphatic heterocycles. The Morgan fingerprint density at radius 3 is 2.52 bits per heavy atom. The molecule has 7 nitrogen and oxygen atoms in total. The van der Waals surface area contributed by atoms with E-state index in [0.717, 1.165) is 16.5 Å². The monoisotopic (exact) mass is 371 g/mol. The van der Waals surface area contributed by atoms with Crippen molar-refractivity contribution in [3.8, 4) is 0 Å². The van der Waals surface area contributed by atoms with Gasteiger partial charge in [0, 0.05) is 18.5 Å². The number of nitrogens with zero attached hydrogens (tertiary/aromatic N) is 2. The predicted octanol–water partition coefficient (Wildman–Crippen LogP) is 1.99. The van der Waals surface area contributed by atoms with E-state index in [2.05, 4.69) is 10.3 Å². The average Bonchev–Trinajstić information content (AvgIpc) is 2.64. The molecule has 0 spiro atoms. The van der Waals surface area contributed by atoms with Crippen LogP contribution in [0.4, 0.5) is 0 Å². The number of aromatic nitrogens is 1. The zero-order chi connectivity index (χ0) is 20.0. The second kappa shape index (κ2) is 9.12. The second-order valence-electron chi connectivity index (χ2n) is 6.15. The molecular formula is C20H25N3O4. The second-order valence-corrected chi connectivity index (χ2v) is 6.15. The number of fused-ring (bicyclic) bond motifs is 1. The SMILES string of the molecule is CCNC(=O)CN(CC)C(=O)COC(=O)c1c(C)nc2ccccc2c1C. The number of ether oxygens (including phenoxy) is 1. The van der Waals surface area contributed by atoms with Crippen LogP contribution in [0.1, 0.15) is 35.5 Å². The molecule has 0 bridgehead atoms. The third-order valence-electron chi connectivity index (χ3n) is 4.31. The van der Waals surface area contributed by atoms with Crippen molar-refractivity contribution in [3.63, 3.8) is 0 Å². The Labute approximate surface area is 158 Å². The molecule has 0 aliphatic carbocycles. The van der Waals surface area contributed by atoms with Gasteiger partial charge in [-0.15, -0.1) is 0 Å². The number of hydrogen-bond acceptors (Lipinski definition) is 5. The van der Waals surface area contributed by atoms with Crippen molar-refractivity contribution in [1.29, 1.82) is 0 Å². The maximum Gasteiger partial charge on any atom is 0.340 e. The van der Waals surface area contributed by atoms with Gasteiger partial charge in [-0.2, -0.15) is 0 Å². The zero-order valence-electron chi connectivity index (χ0n) is 16.2. The number of rotatable bonds is 7. The number of para-hydroxylation sites is 1. The van der Waals surface area contributed by atoms with Crippen LogP contribution in [0.3, 0.4) is 0 Å². The van der Waals surface area contributed by atoms with E-state index in [1.54, 1.807) is 20.8 Å². The van der Waals surface area contributed by atoms with Gasteiger partial charge < -0.3 is 15.0 Å². The summed E-state index contributed by atoms with van der Waals surface area (Å²) < 4.78 is 5.22. The third kappa shape index (κ3) is 4.81. The molecule has 1 N–H and O–H groups in total. The lowest BCUT2D eigenvalue weighted by atomic mass is 10.0. The zero-order valence-corrected chi connectivity index (χ0v) is 16.2. The number of hydrogen-bond donors (Lipinski definition) is 1. The van der Waals surface area contributed by atoms with Crippen molar-refractivity contribution in [1.82, 2.24) is 15.2 Å². The molecule has 0 aliphatic rings. The van der Waals surface area contributed by atoms with E-state index in [4.69, 9.17) is 4.74 Å². The fourth-order valence-corrected chi connectivity index (χ4v) is 2.93. The largest absolute Gasteiger partial charge is 0.452 e. The number of benzene rings is 1. The van der Waals surface area contributed by atoms with Gasteiger partial charge in [-0.3, -0.25) is 14.6 Å². The molecule has 7 heteroatoms. The topological polar surface area (TPSA) is 88.6 Å². The van der Waals surface area contributed by atoms with Crippen LogP contribution in [0.5, 0.6) is 0 Å². The number of nitrogens with one attached hydrogen (secondary N) is 1. The molecule has 0 fully saturated rings. The van der Waals surface area contributed by atoms with E-state index in [1.165, 1.54) is 4.90 Å². The first-order valence-corrected chi connectivity index (χ1v) is 8.96. The Hall–Kier alpha value is -2.96. The number of likely N-dealkylation sites (N-methyl/N-ethyl adjacent to an activating group) is 2. The van der Waals surface area contributed by atoms with E-state index in [9.17, 15) is 14.4 Å². The highest BCUT2D eigenvalue weighted by Crippen LogP contribution is 2.23. The van der Waals surface area contributed by atoms with Crippen LogP contribution in [-0.2, 0) is 14.3 Å². The predicted molar refractivity (Wildman–Crippen MR) is 102 cm³/mol. The molecule has 2 amide bonds. The molecule has 144 valence electrons. The van der Waals surface area contributed by atoms with Crippen molar-refractivity contribution in [2.75, 3.05) is 26.2 Å². The smallest absolute Gasteiger partial charge is 0.340 e. The van der Waals surface area contributed by atoms with Crippen molar-refractivity contribution >= 4 is 28.7 Å². The molecule has 0 atom stereocenters. The van der Waals surface area contributed by atoms with Crippen LogP contribution in [0, 0.1) is 13.8 Å². The number of esters is 1. The van der Waals surface area contributed by atoms with Crippen LogP contribution >= 0.6 is 0 Å². The van der Waals surface area contributed by atoms with Gasteiger partial charge in [0.05, 0.1) is 23.3 Å². The van der Waals surface area contributed by atoms with Crippen LogP contribution in [0.25, 0.3) is 10.9 Å². The molecule has 0 saturated heterocycles. The molecular weight excluding hydrogens is 346 g/mol. The lowest BCUT2D eigenvalue weighted by Gasteiger charge is -2.20. The van der Waals surface area contributed by atoms with Gasteiger partial charge in [0.25, 0.3) is 5.91 Å². The van der Waals surface area contributed by atoms with Crippen LogP contribution in [0.2, 0.25) is 0 Å². The minimum Gasteiger partial charge on any atom is -0.452 e. The Morgan fingerprint density at radius 1 is 1.15 bits per heavy atom. The molecule has 1 heterocycles. The first-order chi connectivity index (χ1) is 12.9. The summed E-state index contributed by atoms with van der Waals surface area (Å²) in [5.41, 5.74) is 2.50. The van der Waals surface area contributed by atoms with Gasteiger partial charge in [0.1, 0.15) is 0 Å². The highest BCUT2D eigenvalue weighted by Gasteiger charge is 2.21. The molecule has 0 radical (unpaired) electrons. The fourth-order valence-electron chi connectivity index (χ4n) is 2.93. The fraction of sp³-hybridized carbons (Fsp3) is 0.400. The Kier molecular flexibility index (Phi) is 6.87. The van der Waals surface area contributed by atoms with Gasteiger partial charge in [0.15, 0.2) is 6.61 Å². The minimum absolute atomic E-state index is 0.0592.